The Labute approximate surface area is 345 Å². The molecule has 1 fully saturated rings. The smallest absolute Gasteiger partial charge is 0.0799 e. The van der Waals surface area contributed by atoms with Crippen molar-refractivity contribution in [2.75, 3.05) is 0 Å². The molecule has 0 spiro atoms. The summed E-state index contributed by atoms with van der Waals surface area (Å²) in [6.07, 6.45) is 10.8. The van der Waals surface area contributed by atoms with E-state index in [1.54, 1.807) is 48.0 Å². The third-order valence-electron chi connectivity index (χ3n) is 9.71. The van der Waals surface area contributed by atoms with Gasteiger partial charge in [0, 0.05) is 49.9 Å². The predicted molar refractivity (Wildman–Crippen MR) is 224 cm³/mol. The SMILES string of the molecule is [2H]C(C)(C)c1ccc2c(c1)sc1c(-c3cc(C([2H])([2H])C4CCCCC4)ccn3)[c-]ncc12.[2H]C([2H])(c1ccccc1)c1cc(-c2[c-]cc(F)cc2)ncc1[Si](C)(C)C.[Ir]. The molecule has 0 aliphatic heterocycles. The number of nitrogens with zero attached hydrogens (tertiary/aromatic N) is 3. The molecule has 1 aliphatic carbocycles. The summed E-state index contributed by atoms with van der Waals surface area (Å²) >= 11 is 1.67. The van der Waals surface area contributed by atoms with E-state index in [1.165, 1.54) is 18.6 Å². The molecule has 8 rings (SSSR count). The maximum atomic E-state index is 13.2. The molecule has 3 nitrogen and oxygen atoms in total. The van der Waals surface area contributed by atoms with Crippen LogP contribution in [0, 0.1) is 24.0 Å². The first-order valence-corrected chi connectivity index (χ1v) is 22.7. The average molecular weight is 931 g/mol. The molecule has 4 aromatic heterocycles. The molecule has 279 valence electrons. The molecular weight excluding hydrogens is 878 g/mol. The van der Waals surface area contributed by atoms with Crippen molar-refractivity contribution < 1.29 is 31.3 Å². The first-order chi connectivity index (χ1) is 27.4. The van der Waals surface area contributed by atoms with Gasteiger partial charge in [-0.15, -0.1) is 29.8 Å². The van der Waals surface area contributed by atoms with Gasteiger partial charge >= 0.3 is 0 Å². The van der Waals surface area contributed by atoms with Gasteiger partial charge in [-0.25, -0.2) is 0 Å². The molecule has 0 bridgehead atoms. The van der Waals surface area contributed by atoms with E-state index in [0.717, 1.165) is 62.2 Å². The third-order valence-corrected chi connectivity index (χ3v) is 12.9. The minimum absolute atomic E-state index is 0. The number of thiophene rings is 1. The number of fused-ring (bicyclic) bond motifs is 3. The molecule has 0 unspecified atom stereocenters. The largest absolute Gasteiger partial charge is 0.359 e. The van der Waals surface area contributed by atoms with Crippen LogP contribution in [0.1, 0.15) is 81.0 Å². The Balaban J connectivity index is 0.000000199. The van der Waals surface area contributed by atoms with Gasteiger partial charge in [-0.3, -0.25) is 4.39 Å². The van der Waals surface area contributed by atoms with E-state index in [2.05, 4.69) is 59.0 Å². The van der Waals surface area contributed by atoms with Crippen LogP contribution in [0.5, 0.6) is 0 Å². The van der Waals surface area contributed by atoms with E-state index in [4.69, 9.17) is 6.85 Å². The van der Waals surface area contributed by atoms with Crippen molar-refractivity contribution in [3.63, 3.8) is 0 Å². The fourth-order valence-corrected chi connectivity index (χ4v) is 9.43. The third kappa shape index (κ3) is 9.49. The van der Waals surface area contributed by atoms with Crippen LogP contribution in [0.4, 0.5) is 4.39 Å². The van der Waals surface area contributed by atoms with Gasteiger partial charge in [0.2, 0.25) is 0 Å². The number of rotatable bonds is 8. The summed E-state index contributed by atoms with van der Waals surface area (Å²) < 4.78 is 59.1. The van der Waals surface area contributed by atoms with Crippen LogP contribution in [0.2, 0.25) is 19.6 Å². The van der Waals surface area contributed by atoms with E-state index in [1.807, 2.05) is 56.4 Å². The summed E-state index contributed by atoms with van der Waals surface area (Å²) in [5, 5.41) is 3.15. The molecule has 1 aliphatic rings. The van der Waals surface area contributed by atoms with Gasteiger partial charge in [0.05, 0.1) is 8.07 Å². The number of hydrogen-bond donors (Lipinski definition) is 0. The molecule has 0 N–H and O–H groups in total. The van der Waals surface area contributed by atoms with Crippen molar-refractivity contribution in [1.82, 2.24) is 15.0 Å². The summed E-state index contributed by atoms with van der Waals surface area (Å²) in [6, 6.07) is 28.0. The van der Waals surface area contributed by atoms with Crippen molar-refractivity contribution >= 4 is 44.8 Å². The van der Waals surface area contributed by atoms with Crippen molar-refractivity contribution in [2.45, 2.75) is 84.2 Å². The van der Waals surface area contributed by atoms with E-state index in [9.17, 15) is 4.39 Å². The van der Waals surface area contributed by atoms with E-state index in [-0.39, 0.29) is 31.8 Å². The molecule has 0 saturated heterocycles. The zero-order valence-corrected chi connectivity index (χ0v) is 35.6. The van der Waals surface area contributed by atoms with Crippen LogP contribution >= 0.6 is 11.3 Å². The topological polar surface area (TPSA) is 38.7 Å². The minimum atomic E-state index is -1.83. The first-order valence-electron chi connectivity index (χ1n) is 20.9. The summed E-state index contributed by atoms with van der Waals surface area (Å²) in [7, 11) is -1.83. The second-order valence-electron chi connectivity index (χ2n) is 15.0. The Morgan fingerprint density at radius 1 is 0.889 bits per heavy atom. The van der Waals surface area contributed by atoms with Crippen molar-refractivity contribution in [1.29, 1.82) is 0 Å². The van der Waals surface area contributed by atoms with Crippen molar-refractivity contribution in [3.8, 4) is 22.5 Å². The average Bonchev–Trinajstić information content (AvgIpc) is 3.60. The zero-order chi connectivity index (χ0) is 41.5. The van der Waals surface area contributed by atoms with Gasteiger partial charge in [0.1, 0.15) is 0 Å². The Hall–Kier alpha value is -3.87. The van der Waals surface area contributed by atoms with Crippen LogP contribution in [-0.2, 0) is 32.9 Å². The van der Waals surface area contributed by atoms with Crippen LogP contribution in [0.3, 0.4) is 0 Å². The fraction of sp³-hybridized carbons (Fsp3) is 0.298. The zero-order valence-electron chi connectivity index (χ0n) is 36.4. The molecule has 7 aromatic rings. The molecule has 1 radical (unpaired) electrons. The van der Waals surface area contributed by atoms with Gasteiger partial charge in [-0.2, -0.15) is 11.3 Å². The van der Waals surface area contributed by atoms with E-state index >= 15 is 0 Å². The van der Waals surface area contributed by atoms with Crippen LogP contribution in [0.15, 0.2) is 104 Å². The molecule has 0 atom stereocenters. The van der Waals surface area contributed by atoms with E-state index in [0.29, 0.717) is 33.6 Å². The van der Waals surface area contributed by atoms with E-state index < -0.39 is 26.7 Å². The number of hydrogen-bond acceptors (Lipinski definition) is 4. The van der Waals surface area contributed by atoms with Crippen LogP contribution in [0.25, 0.3) is 42.7 Å². The number of benzene rings is 3. The number of pyridine rings is 3. The van der Waals surface area contributed by atoms with Crippen LogP contribution < -0.4 is 5.19 Å². The van der Waals surface area contributed by atoms with Crippen molar-refractivity contribution in [2.24, 2.45) is 5.92 Å². The molecular formula is C47H48FIrN3SSi-2. The molecule has 54 heavy (non-hydrogen) atoms. The van der Waals surface area contributed by atoms with Crippen molar-refractivity contribution in [3.05, 3.63) is 144 Å². The monoisotopic (exact) mass is 931 g/mol. The number of halogens is 1. The summed E-state index contributed by atoms with van der Waals surface area (Å²) in [6.45, 7) is 10.3. The molecule has 4 heterocycles. The Kier molecular flexibility index (Phi) is 11.0. The Morgan fingerprint density at radius 3 is 2.41 bits per heavy atom. The summed E-state index contributed by atoms with van der Waals surface area (Å²) in [4.78, 5) is 13.5. The summed E-state index contributed by atoms with van der Waals surface area (Å²) in [5.74, 6) is -0.953. The van der Waals surface area contributed by atoms with Gasteiger partial charge in [0.15, 0.2) is 0 Å². The van der Waals surface area contributed by atoms with Gasteiger partial charge in [-0.1, -0.05) is 142 Å². The molecule has 1 saturated carbocycles. The normalized spacial score (nSPS) is 15.6. The minimum Gasteiger partial charge on any atom is -0.359 e. The molecule has 3 aromatic carbocycles. The standard InChI is InChI=1S/C26H27N2S.C21H21FNSi.Ir/c1-17(2)20-8-9-21-22-15-27-16-23(26(22)29-25(21)14-20)24-13-19(10-11-28-24)12-18-6-4-3-5-7-18;1-24(2,3)21-15-23-20(17-9-11-19(22)12-10-17)14-18(21)13-16-7-5-4-6-8-16;/h8-11,13-15,17-18H,3-7,12H2,1-2H3;4-9,11-12,14-15H,13H2,1-3H3;/q2*-1;/i12D2,17D;13D2;. The predicted octanol–water partition coefficient (Wildman–Crippen LogP) is 12.4. The second-order valence-corrected chi connectivity index (χ2v) is 21.1. The Morgan fingerprint density at radius 2 is 1.69 bits per heavy atom. The van der Waals surface area contributed by atoms with Gasteiger partial charge in [0.25, 0.3) is 0 Å². The summed E-state index contributed by atoms with van der Waals surface area (Å²) in [5.41, 5.74) is 5.70. The molecule has 7 heteroatoms. The maximum absolute atomic E-state index is 13.2. The molecule has 0 amide bonds. The number of aromatic nitrogens is 3. The van der Waals surface area contributed by atoms with Crippen LogP contribution in [-0.4, -0.2) is 23.0 Å². The first kappa shape index (κ1) is 33.5. The maximum Gasteiger partial charge on any atom is 0.0799 e. The fourth-order valence-electron chi connectivity index (χ4n) is 6.81. The van der Waals surface area contributed by atoms with Gasteiger partial charge < -0.3 is 15.0 Å². The van der Waals surface area contributed by atoms with Gasteiger partial charge in [-0.05, 0) is 86.9 Å². The Bertz CT molecular complexity index is 2550. The second kappa shape index (κ2) is 17.7. The quantitative estimate of drug-likeness (QED) is 0.113.